The van der Waals surface area contributed by atoms with Crippen molar-refractivity contribution in [3.05, 3.63) is 35.4 Å². The fourth-order valence-electron chi connectivity index (χ4n) is 2.92. The molecule has 1 fully saturated rings. The minimum absolute atomic E-state index is 0.0249. The number of carbonyl (C=O) groups excluding carboxylic acids is 2. The van der Waals surface area contributed by atoms with Crippen molar-refractivity contribution in [1.29, 1.82) is 0 Å². The minimum Gasteiger partial charge on any atom is -0.377 e. The van der Waals surface area contributed by atoms with Crippen molar-refractivity contribution in [2.24, 2.45) is 0 Å². The molecule has 1 atom stereocenters. The molecule has 0 saturated carbocycles. The lowest BCUT2D eigenvalue weighted by Gasteiger charge is -2.32. The van der Waals surface area contributed by atoms with E-state index in [1.165, 1.54) is 5.56 Å². The summed E-state index contributed by atoms with van der Waals surface area (Å²) in [6, 6.07) is 8.16. The molecule has 1 aliphatic heterocycles. The third kappa shape index (κ3) is 5.96. The highest BCUT2D eigenvalue weighted by atomic mass is 16.5. The fourth-order valence-corrected chi connectivity index (χ4v) is 2.92. The molecule has 1 aromatic carbocycles. The first-order valence-electron chi connectivity index (χ1n) is 8.80. The number of nitrogens with zero attached hydrogens (tertiary/aromatic N) is 1. The number of likely N-dealkylation sites (tertiary alicyclic amines) is 1. The summed E-state index contributed by atoms with van der Waals surface area (Å²) in [5.74, 6) is -0.106. The van der Waals surface area contributed by atoms with Crippen LogP contribution in [0.5, 0.6) is 0 Å². The van der Waals surface area contributed by atoms with Gasteiger partial charge in [-0.1, -0.05) is 29.8 Å². The van der Waals surface area contributed by atoms with Crippen LogP contribution in [0.1, 0.15) is 37.3 Å². The molecule has 1 saturated heterocycles. The van der Waals surface area contributed by atoms with Crippen LogP contribution in [-0.2, 0) is 20.7 Å². The van der Waals surface area contributed by atoms with Crippen molar-refractivity contribution in [3.63, 3.8) is 0 Å². The first kappa shape index (κ1) is 18.5. The second-order valence-electron chi connectivity index (χ2n) is 6.32. The number of amides is 2. The highest BCUT2D eigenvalue weighted by molar-refractivity contribution is 5.84. The lowest BCUT2D eigenvalue weighted by molar-refractivity contribution is -0.136. The molecule has 0 aromatic heterocycles. The zero-order chi connectivity index (χ0) is 17.4. The molecule has 0 unspecified atom stereocenters. The summed E-state index contributed by atoms with van der Waals surface area (Å²) in [7, 11) is 0. The van der Waals surface area contributed by atoms with Crippen LogP contribution in [0.15, 0.2) is 24.3 Å². The summed E-state index contributed by atoms with van der Waals surface area (Å²) in [5.41, 5.74) is 2.35. The first-order valence-corrected chi connectivity index (χ1v) is 8.80. The summed E-state index contributed by atoms with van der Waals surface area (Å²) in [5, 5.41) is 2.74. The number of piperidine rings is 1. The average Bonchev–Trinajstić information content (AvgIpc) is 2.59. The van der Waals surface area contributed by atoms with E-state index in [1.54, 1.807) is 4.90 Å². The van der Waals surface area contributed by atoms with Gasteiger partial charge in [0.2, 0.25) is 11.8 Å². The van der Waals surface area contributed by atoms with E-state index < -0.39 is 0 Å². The van der Waals surface area contributed by atoms with Crippen LogP contribution >= 0.6 is 0 Å². The van der Waals surface area contributed by atoms with Gasteiger partial charge in [-0.25, -0.2) is 0 Å². The zero-order valence-electron chi connectivity index (χ0n) is 14.7. The second-order valence-corrected chi connectivity index (χ2v) is 6.32. The monoisotopic (exact) mass is 332 g/mol. The smallest absolute Gasteiger partial charge is 0.242 e. The predicted molar refractivity (Wildman–Crippen MR) is 93.7 cm³/mol. The van der Waals surface area contributed by atoms with Crippen molar-refractivity contribution in [1.82, 2.24) is 10.2 Å². The van der Waals surface area contributed by atoms with Crippen molar-refractivity contribution in [3.8, 4) is 0 Å². The maximum Gasteiger partial charge on any atom is 0.242 e. The SMILES string of the molecule is CCO[C@@H]1CCCN(C(=O)CNC(=O)CCc2ccc(C)cc2)C1. The first-order chi connectivity index (χ1) is 11.6. The van der Waals surface area contributed by atoms with Crippen molar-refractivity contribution in [2.75, 3.05) is 26.2 Å². The highest BCUT2D eigenvalue weighted by Gasteiger charge is 2.23. The molecule has 1 heterocycles. The fraction of sp³-hybridized carbons (Fsp3) is 0.579. The van der Waals surface area contributed by atoms with E-state index in [0.717, 1.165) is 24.9 Å². The number of hydrogen-bond acceptors (Lipinski definition) is 3. The van der Waals surface area contributed by atoms with Gasteiger partial charge in [0.25, 0.3) is 0 Å². The standard InChI is InChI=1S/C19H28N2O3/c1-3-24-17-5-4-12-21(14-17)19(23)13-20-18(22)11-10-16-8-6-15(2)7-9-16/h6-9,17H,3-5,10-14H2,1-2H3,(H,20,22)/t17-/m1/s1. The Hall–Kier alpha value is -1.88. The molecule has 0 radical (unpaired) electrons. The van der Waals surface area contributed by atoms with E-state index >= 15 is 0 Å². The maximum absolute atomic E-state index is 12.2. The van der Waals surface area contributed by atoms with Crippen LogP contribution in [0.4, 0.5) is 0 Å². The van der Waals surface area contributed by atoms with Crippen LogP contribution in [0.2, 0.25) is 0 Å². The summed E-state index contributed by atoms with van der Waals surface area (Å²) in [4.78, 5) is 25.9. The van der Waals surface area contributed by atoms with Crippen LogP contribution in [0, 0.1) is 6.92 Å². The molecular formula is C19H28N2O3. The van der Waals surface area contributed by atoms with Crippen LogP contribution in [0.25, 0.3) is 0 Å². The Kier molecular flexibility index (Phi) is 7.25. The van der Waals surface area contributed by atoms with Gasteiger partial charge in [-0.05, 0) is 38.7 Å². The molecule has 5 nitrogen and oxygen atoms in total. The molecule has 2 rings (SSSR count). The Morgan fingerprint density at radius 1 is 1.29 bits per heavy atom. The van der Waals surface area contributed by atoms with Crippen molar-refractivity contribution in [2.45, 2.75) is 45.6 Å². The lowest BCUT2D eigenvalue weighted by atomic mass is 10.1. The van der Waals surface area contributed by atoms with Crippen LogP contribution in [0.3, 0.4) is 0 Å². The average molecular weight is 332 g/mol. The summed E-state index contributed by atoms with van der Waals surface area (Å²) in [6.45, 7) is 6.13. The van der Waals surface area contributed by atoms with E-state index in [4.69, 9.17) is 4.74 Å². The van der Waals surface area contributed by atoms with Gasteiger partial charge in [0.05, 0.1) is 12.6 Å². The lowest BCUT2D eigenvalue weighted by Crippen LogP contribution is -2.47. The molecule has 0 spiro atoms. The van der Waals surface area contributed by atoms with Gasteiger partial charge in [0.1, 0.15) is 0 Å². The molecule has 2 amide bonds. The molecule has 132 valence electrons. The van der Waals surface area contributed by atoms with Crippen molar-refractivity contribution >= 4 is 11.8 Å². The Balaban J connectivity index is 1.69. The van der Waals surface area contributed by atoms with Gasteiger partial charge >= 0.3 is 0 Å². The molecule has 0 aliphatic carbocycles. The molecule has 0 bridgehead atoms. The number of carbonyl (C=O) groups is 2. The number of aryl methyl sites for hydroxylation is 2. The Morgan fingerprint density at radius 2 is 2.04 bits per heavy atom. The molecule has 1 N–H and O–H groups in total. The third-order valence-electron chi connectivity index (χ3n) is 4.33. The molecular weight excluding hydrogens is 304 g/mol. The van der Waals surface area contributed by atoms with Gasteiger partial charge in [-0.2, -0.15) is 0 Å². The normalized spacial score (nSPS) is 17.6. The van der Waals surface area contributed by atoms with Crippen LogP contribution in [-0.4, -0.2) is 49.1 Å². The molecule has 1 aliphatic rings. The Morgan fingerprint density at radius 3 is 2.75 bits per heavy atom. The molecule has 24 heavy (non-hydrogen) atoms. The second kappa shape index (κ2) is 9.42. The van der Waals surface area contributed by atoms with E-state index in [2.05, 4.69) is 5.32 Å². The van der Waals surface area contributed by atoms with Gasteiger partial charge in [-0.3, -0.25) is 9.59 Å². The summed E-state index contributed by atoms with van der Waals surface area (Å²) >= 11 is 0. The van der Waals surface area contributed by atoms with Crippen molar-refractivity contribution < 1.29 is 14.3 Å². The topological polar surface area (TPSA) is 58.6 Å². The number of ether oxygens (including phenoxy) is 1. The zero-order valence-corrected chi connectivity index (χ0v) is 14.7. The van der Waals surface area contributed by atoms with E-state index in [9.17, 15) is 9.59 Å². The number of nitrogens with one attached hydrogen (secondary N) is 1. The number of hydrogen-bond donors (Lipinski definition) is 1. The predicted octanol–water partition coefficient (Wildman–Crippen LogP) is 2.07. The molecule has 1 aromatic rings. The number of rotatable bonds is 7. The quantitative estimate of drug-likeness (QED) is 0.831. The third-order valence-corrected chi connectivity index (χ3v) is 4.33. The minimum atomic E-state index is -0.0812. The molecule has 5 heteroatoms. The largest absolute Gasteiger partial charge is 0.377 e. The van der Waals surface area contributed by atoms with Gasteiger partial charge in [0, 0.05) is 26.1 Å². The van der Waals surface area contributed by atoms with Crippen LogP contribution < -0.4 is 5.32 Å². The van der Waals surface area contributed by atoms with Gasteiger partial charge in [-0.15, -0.1) is 0 Å². The highest BCUT2D eigenvalue weighted by Crippen LogP contribution is 2.13. The van der Waals surface area contributed by atoms with E-state index in [1.807, 2.05) is 38.1 Å². The van der Waals surface area contributed by atoms with E-state index in [0.29, 0.717) is 26.0 Å². The maximum atomic E-state index is 12.2. The number of benzene rings is 1. The summed E-state index contributed by atoms with van der Waals surface area (Å²) < 4.78 is 5.60. The van der Waals surface area contributed by atoms with Gasteiger partial charge < -0.3 is 15.0 Å². The Labute approximate surface area is 144 Å². The summed E-state index contributed by atoms with van der Waals surface area (Å²) in [6.07, 6.45) is 3.18. The Bertz CT molecular complexity index is 540. The van der Waals surface area contributed by atoms with Gasteiger partial charge in [0.15, 0.2) is 0 Å². The van der Waals surface area contributed by atoms with E-state index in [-0.39, 0.29) is 24.5 Å².